The number of aliphatic hydroxyl groups is 1. The minimum absolute atomic E-state index is 0.00973. The van der Waals surface area contributed by atoms with Crippen LogP contribution >= 0.6 is 11.3 Å². The molecule has 1 saturated carbocycles. The van der Waals surface area contributed by atoms with Gasteiger partial charge in [-0.25, -0.2) is 8.42 Å². The molecule has 0 aromatic carbocycles. The Bertz CT molecular complexity index is 853. The lowest BCUT2D eigenvalue weighted by Crippen LogP contribution is -2.44. The molecule has 2 aromatic heterocycles. The molecular formula is C19H27N3O3S2. The van der Waals surface area contributed by atoms with Crippen molar-refractivity contribution >= 4 is 21.4 Å². The molecule has 1 aliphatic carbocycles. The molecule has 27 heavy (non-hydrogen) atoms. The lowest BCUT2D eigenvalue weighted by molar-refractivity contribution is 0.192. The molecule has 1 aliphatic heterocycles. The van der Waals surface area contributed by atoms with Crippen LogP contribution in [0.1, 0.15) is 57.4 Å². The minimum Gasteiger partial charge on any atom is -0.396 e. The molecule has 148 valence electrons. The zero-order valence-corrected chi connectivity index (χ0v) is 17.1. The minimum atomic E-state index is -3.65. The maximum atomic E-state index is 13.6. The number of aromatic nitrogens is 2. The number of nitrogens with zero attached hydrogens (tertiary/aromatic N) is 3. The summed E-state index contributed by atoms with van der Waals surface area (Å²) in [7, 11) is -3.65. The van der Waals surface area contributed by atoms with Crippen LogP contribution in [-0.2, 0) is 10.0 Å². The average molecular weight is 410 g/mol. The first kappa shape index (κ1) is 19.1. The van der Waals surface area contributed by atoms with Gasteiger partial charge in [0.05, 0.1) is 10.9 Å². The molecular weight excluding hydrogens is 382 g/mol. The summed E-state index contributed by atoms with van der Waals surface area (Å²) >= 11 is 1.52. The molecule has 2 fully saturated rings. The van der Waals surface area contributed by atoms with Crippen molar-refractivity contribution in [2.45, 2.75) is 68.3 Å². The predicted octanol–water partition coefficient (Wildman–Crippen LogP) is 3.65. The van der Waals surface area contributed by atoms with Gasteiger partial charge in [-0.15, -0.1) is 11.3 Å². The van der Waals surface area contributed by atoms with Crippen molar-refractivity contribution in [3.05, 3.63) is 23.7 Å². The van der Waals surface area contributed by atoms with Crippen LogP contribution in [0.5, 0.6) is 0 Å². The van der Waals surface area contributed by atoms with Crippen molar-refractivity contribution in [3.8, 4) is 10.6 Å². The Morgan fingerprint density at radius 3 is 2.67 bits per heavy atom. The summed E-state index contributed by atoms with van der Waals surface area (Å²) in [5.41, 5.74) is 0.574. The second kappa shape index (κ2) is 8.03. The van der Waals surface area contributed by atoms with Crippen LogP contribution in [0.3, 0.4) is 0 Å². The van der Waals surface area contributed by atoms with E-state index in [1.54, 1.807) is 10.5 Å². The summed E-state index contributed by atoms with van der Waals surface area (Å²) < 4.78 is 30.7. The van der Waals surface area contributed by atoms with Crippen LogP contribution in [0.25, 0.3) is 10.6 Å². The van der Waals surface area contributed by atoms with Gasteiger partial charge in [-0.05, 0) is 43.6 Å². The van der Waals surface area contributed by atoms with E-state index in [9.17, 15) is 13.5 Å². The van der Waals surface area contributed by atoms with E-state index in [2.05, 4.69) is 0 Å². The molecule has 1 unspecified atom stereocenters. The molecule has 1 N–H and O–H groups in total. The molecule has 2 aromatic rings. The van der Waals surface area contributed by atoms with Crippen LogP contribution in [0.4, 0.5) is 0 Å². The van der Waals surface area contributed by atoms with E-state index in [0.717, 1.165) is 37.0 Å². The fourth-order valence-corrected chi connectivity index (χ4v) is 7.01. The summed E-state index contributed by atoms with van der Waals surface area (Å²) in [6.07, 6.45) is 9.39. The number of rotatable bonds is 6. The molecule has 0 bridgehead atoms. The first-order valence-electron chi connectivity index (χ1n) is 9.87. The molecule has 1 atom stereocenters. The van der Waals surface area contributed by atoms with E-state index in [1.165, 1.54) is 24.2 Å². The highest BCUT2D eigenvalue weighted by Gasteiger charge is 2.37. The van der Waals surface area contributed by atoms with Gasteiger partial charge >= 0.3 is 0 Å². The second-order valence-corrected chi connectivity index (χ2v) is 10.3. The number of hydrogen-bond acceptors (Lipinski definition) is 5. The van der Waals surface area contributed by atoms with Crippen LogP contribution < -0.4 is 0 Å². The van der Waals surface area contributed by atoms with E-state index in [4.69, 9.17) is 5.10 Å². The van der Waals surface area contributed by atoms with Crippen LogP contribution in [0.2, 0.25) is 0 Å². The SMILES string of the molecule is O=S(=O)(c1cn(C2CCCC2)nc1-c1cccs1)N1CCCCC1CCO. The molecule has 1 saturated heterocycles. The van der Waals surface area contributed by atoms with Crippen LogP contribution in [0, 0.1) is 0 Å². The smallest absolute Gasteiger partial charge is 0.247 e. The molecule has 0 amide bonds. The summed E-state index contributed by atoms with van der Waals surface area (Å²) in [5.74, 6) is 0. The number of thiophene rings is 1. The van der Waals surface area contributed by atoms with Crippen molar-refractivity contribution in [1.82, 2.24) is 14.1 Å². The standard InChI is InChI=1S/C19H27N3O3S2/c23-12-10-16-8-3-4-11-22(16)27(24,25)18-14-21(15-6-1-2-7-15)20-19(18)17-9-5-13-26-17/h5,9,13-16,23H,1-4,6-8,10-12H2. The average Bonchev–Trinajstić information content (AvgIpc) is 3.42. The third-order valence-corrected chi connectivity index (χ3v) is 8.60. The zero-order valence-electron chi connectivity index (χ0n) is 15.5. The topological polar surface area (TPSA) is 75.4 Å². The first-order chi connectivity index (χ1) is 13.1. The fourth-order valence-electron chi connectivity index (χ4n) is 4.36. The van der Waals surface area contributed by atoms with E-state index >= 15 is 0 Å². The van der Waals surface area contributed by atoms with E-state index in [1.807, 2.05) is 22.2 Å². The highest BCUT2D eigenvalue weighted by atomic mass is 32.2. The molecule has 0 spiro atoms. The van der Waals surface area contributed by atoms with Gasteiger partial charge in [-0.1, -0.05) is 25.3 Å². The number of sulfonamides is 1. The van der Waals surface area contributed by atoms with E-state index in [-0.39, 0.29) is 12.6 Å². The highest BCUT2D eigenvalue weighted by Crippen LogP contribution is 2.37. The summed E-state index contributed by atoms with van der Waals surface area (Å²) in [6, 6.07) is 4.04. The monoisotopic (exact) mass is 409 g/mol. The third kappa shape index (κ3) is 3.72. The Morgan fingerprint density at radius 1 is 1.19 bits per heavy atom. The quantitative estimate of drug-likeness (QED) is 0.790. The predicted molar refractivity (Wildman–Crippen MR) is 106 cm³/mol. The number of piperidine rings is 1. The molecule has 0 radical (unpaired) electrons. The van der Waals surface area contributed by atoms with E-state index < -0.39 is 10.0 Å². The first-order valence-corrected chi connectivity index (χ1v) is 12.2. The fraction of sp³-hybridized carbons (Fsp3) is 0.632. The molecule has 8 heteroatoms. The van der Waals surface area contributed by atoms with Crippen LogP contribution in [0.15, 0.2) is 28.6 Å². The highest BCUT2D eigenvalue weighted by molar-refractivity contribution is 7.89. The normalized spacial score (nSPS) is 22.5. The molecule has 6 nitrogen and oxygen atoms in total. The van der Waals surface area contributed by atoms with Crippen molar-refractivity contribution in [1.29, 1.82) is 0 Å². The Morgan fingerprint density at radius 2 is 1.96 bits per heavy atom. The van der Waals surface area contributed by atoms with Gasteiger partial charge in [0, 0.05) is 25.4 Å². The Hall–Kier alpha value is -1.22. The molecule has 2 aliphatic rings. The summed E-state index contributed by atoms with van der Waals surface area (Å²) in [4.78, 5) is 1.21. The lowest BCUT2D eigenvalue weighted by Gasteiger charge is -2.34. The van der Waals surface area contributed by atoms with Crippen LogP contribution in [-0.4, -0.2) is 46.8 Å². The maximum absolute atomic E-state index is 13.6. The van der Waals surface area contributed by atoms with Crippen molar-refractivity contribution < 1.29 is 13.5 Å². The third-order valence-electron chi connectivity index (χ3n) is 5.77. The Kier molecular flexibility index (Phi) is 5.68. The van der Waals surface area contributed by atoms with Gasteiger partial charge in [0.25, 0.3) is 0 Å². The van der Waals surface area contributed by atoms with E-state index in [0.29, 0.717) is 29.6 Å². The van der Waals surface area contributed by atoms with Gasteiger partial charge in [0.2, 0.25) is 10.0 Å². The van der Waals surface area contributed by atoms with Gasteiger partial charge < -0.3 is 5.11 Å². The molecule has 4 rings (SSSR count). The van der Waals surface area contributed by atoms with Crippen molar-refractivity contribution in [3.63, 3.8) is 0 Å². The van der Waals surface area contributed by atoms with Gasteiger partial charge in [0.15, 0.2) is 0 Å². The zero-order chi connectivity index (χ0) is 18.9. The lowest BCUT2D eigenvalue weighted by atomic mass is 10.0. The largest absolute Gasteiger partial charge is 0.396 e. The summed E-state index contributed by atoms with van der Waals surface area (Å²) in [6.45, 7) is 0.529. The second-order valence-electron chi connectivity index (χ2n) is 7.52. The molecule has 3 heterocycles. The Balaban J connectivity index is 1.76. The number of hydrogen-bond donors (Lipinski definition) is 1. The summed E-state index contributed by atoms with van der Waals surface area (Å²) in [5, 5.41) is 16.1. The Labute approximate surface area is 164 Å². The van der Waals surface area contributed by atoms with Crippen molar-refractivity contribution in [2.24, 2.45) is 0 Å². The van der Waals surface area contributed by atoms with Gasteiger partial charge in [-0.3, -0.25) is 4.68 Å². The van der Waals surface area contributed by atoms with Gasteiger partial charge in [-0.2, -0.15) is 9.40 Å². The van der Waals surface area contributed by atoms with Crippen molar-refractivity contribution in [2.75, 3.05) is 13.2 Å². The maximum Gasteiger partial charge on any atom is 0.247 e. The van der Waals surface area contributed by atoms with Gasteiger partial charge in [0.1, 0.15) is 10.6 Å². The number of aliphatic hydroxyl groups excluding tert-OH is 1.